The Labute approximate surface area is 246 Å². The van der Waals surface area contributed by atoms with Gasteiger partial charge in [-0.1, -0.05) is 76.2 Å². The minimum Gasteiger partial charge on any atom is -0.238 e. The molecule has 0 saturated heterocycles. The average molecular weight is 538 g/mol. The number of rotatable bonds is 2. The third-order valence-electron chi connectivity index (χ3n) is 9.32. The van der Waals surface area contributed by atoms with E-state index in [1.54, 1.807) is 0 Å². The quantitative estimate of drug-likeness (QED) is 0.210. The Morgan fingerprint density at radius 1 is 0.500 bits per heavy atom. The van der Waals surface area contributed by atoms with E-state index in [2.05, 4.69) is 99.3 Å². The van der Waals surface area contributed by atoms with E-state index in [4.69, 9.17) is 6.57 Å². The van der Waals surface area contributed by atoms with E-state index in [9.17, 15) is 10.5 Å². The van der Waals surface area contributed by atoms with Crippen molar-refractivity contribution in [2.24, 2.45) is 0 Å². The Bertz CT molecular complexity index is 1980. The lowest BCUT2D eigenvalue weighted by atomic mass is 9.80. The van der Waals surface area contributed by atoms with Gasteiger partial charge in [-0.25, -0.2) is 4.85 Å². The van der Waals surface area contributed by atoms with Crippen molar-refractivity contribution in [2.75, 3.05) is 0 Å². The molecule has 2 aliphatic carbocycles. The van der Waals surface area contributed by atoms with Crippen molar-refractivity contribution in [3.8, 4) is 56.6 Å². The molecular formula is C39H27N3. The summed E-state index contributed by atoms with van der Waals surface area (Å²) in [6.45, 7) is 16.3. The van der Waals surface area contributed by atoms with Crippen molar-refractivity contribution >= 4 is 5.69 Å². The molecule has 0 aromatic heterocycles. The minimum atomic E-state index is -0.239. The second-order valence-electron chi connectivity index (χ2n) is 12.4. The summed E-state index contributed by atoms with van der Waals surface area (Å²) in [7, 11) is 0. The molecule has 0 N–H and O–H groups in total. The molecule has 0 fully saturated rings. The van der Waals surface area contributed by atoms with E-state index in [0.29, 0.717) is 16.8 Å². The summed E-state index contributed by atoms with van der Waals surface area (Å²) >= 11 is 0. The van der Waals surface area contributed by atoms with Gasteiger partial charge in [-0.2, -0.15) is 10.5 Å². The van der Waals surface area contributed by atoms with Gasteiger partial charge in [-0.05, 0) is 109 Å². The van der Waals surface area contributed by atoms with Crippen LogP contribution in [-0.4, -0.2) is 0 Å². The maximum atomic E-state index is 9.99. The molecule has 7 rings (SSSR count). The molecule has 0 amide bonds. The first-order valence-corrected chi connectivity index (χ1v) is 14.1. The number of nitrogens with zero attached hydrogens (tertiary/aromatic N) is 3. The molecule has 3 nitrogen and oxygen atoms in total. The maximum absolute atomic E-state index is 9.99. The lowest BCUT2D eigenvalue weighted by Gasteiger charge is -2.23. The van der Waals surface area contributed by atoms with Crippen molar-refractivity contribution in [3.05, 3.63) is 136 Å². The molecule has 0 atom stereocenters. The van der Waals surface area contributed by atoms with Crippen LogP contribution < -0.4 is 0 Å². The van der Waals surface area contributed by atoms with Crippen molar-refractivity contribution in [1.29, 1.82) is 10.5 Å². The molecule has 0 spiro atoms. The second kappa shape index (κ2) is 8.78. The summed E-state index contributed by atoms with van der Waals surface area (Å²) in [4.78, 5) is 3.66. The molecule has 3 heteroatoms. The monoisotopic (exact) mass is 537 g/mol. The van der Waals surface area contributed by atoms with Gasteiger partial charge in [0.15, 0.2) is 5.69 Å². The molecule has 0 aliphatic heterocycles. The van der Waals surface area contributed by atoms with Gasteiger partial charge in [-0.3, -0.25) is 0 Å². The predicted octanol–water partition coefficient (Wildman–Crippen LogP) is 9.93. The van der Waals surface area contributed by atoms with Gasteiger partial charge in [0, 0.05) is 10.8 Å². The zero-order chi connectivity index (χ0) is 29.4. The fourth-order valence-electron chi connectivity index (χ4n) is 6.99. The smallest absolute Gasteiger partial charge is 0.187 e. The summed E-state index contributed by atoms with van der Waals surface area (Å²) in [5, 5.41) is 19.5. The predicted molar refractivity (Wildman–Crippen MR) is 168 cm³/mol. The highest BCUT2D eigenvalue weighted by atomic mass is 14.6. The summed E-state index contributed by atoms with van der Waals surface area (Å²) in [6.07, 6.45) is 0. The van der Waals surface area contributed by atoms with E-state index in [-0.39, 0.29) is 10.8 Å². The number of hydrogen-bond donors (Lipinski definition) is 0. The summed E-state index contributed by atoms with van der Waals surface area (Å²) in [5.74, 6) is 0. The van der Waals surface area contributed by atoms with Crippen LogP contribution in [0.3, 0.4) is 0 Å². The molecule has 2 aliphatic rings. The Balaban J connectivity index is 1.33. The molecule has 5 aromatic carbocycles. The summed E-state index contributed by atoms with van der Waals surface area (Å²) in [5.41, 5.74) is 15.2. The van der Waals surface area contributed by atoms with Gasteiger partial charge >= 0.3 is 0 Å². The molecule has 198 valence electrons. The Morgan fingerprint density at radius 2 is 0.952 bits per heavy atom. The third-order valence-corrected chi connectivity index (χ3v) is 9.32. The SMILES string of the molecule is [C-]#[N+]c1ccc2c(c1)C(C)(C)c1cc(-c3cc(C#N)cc(-c4ccc5c(c4)C(C)(C)c4cc(C#N)ccc4-5)c3)ccc1-2. The fourth-order valence-corrected chi connectivity index (χ4v) is 6.99. The van der Waals surface area contributed by atoms with Crippen LogP contribution in [0.4, 0.5) is 5.69 Å². The molecule has 0 heterocycles. The first-order chi connectivity index (χ1) is 20.1. The number of fused-ring (bicyclic) bond motifs is 6. The van der Waals surface area contributed by atoms with E-state index in [0.717, 1.165) is 22.3 Å². The highest BCUT2D eigenvalue weighted by Crippen LogP contribution is 2.52. The number of benzene rings is 5. The first-order valence-electron chi connectivity index (χ1n) is 14.1. The van der Waals surface area contributed by atoms with Crippen LogP contribution in [0, 0.1) is 29.2 Å². The normalized spacial score (nSPS) is 14.5. The highest BCUT2D eigenvalue weighted by Gasteiger charge is 2.37. The molecular weight excluding hydrogens is 510 g/mol. The van der Waals surface area contributed by atoms with Crippen LogP contribution >= 0.6 is 0 Å². The fraction of sp³-hybridized carbons (Fsp3) is 0.154. The lowest BCUT2D eigenvalue weighted by Crippen LogP contribution is -2.15. The van der Waals surface area contributed by atoms with Gasteiger partial charge in [-0.15, -0.1) is 0 Å². The van der Waals surface area contributed by atoms with E-state index in [1.807, 2.05) is 36.4 Å². The van der Waals surface area contributed by atoms with E-state index < -0.39 is 0 Å². The first kappa shape index (κ1) is 25.5. The number of nitriles is 2. The zero-order valence-electron chi connectivity index (χ0n) is 24.0. The highest BCUT2D eigenvalue weighted by molar-refractivity contribution is 5.87. The standard InChI is InChI=1S/C39H27N3/c1-38(2)34-16-23(21-40)6-10-30(34)31-11-7-25(18-35(31)38)27-14-24(22-41)15-28(17-27)26-8-12-32-33-13-9-29(42-5)20-37(33)39(3,4)36(32)19-26/h6-20H,1-4H3. The Hall–Kier alpha value is -5.43. The van der Waals surface area contributed by atoms with Crippen LogP contribution in [0.15, 0.2) is 91.0 Å². The van der Waals surface area contributed by atoms with Gasteiger partial charge in [0.1, 0.15) is 0 Å². The molecule has 42 heavy (non-hydrogen) atoms. The Morgan fingerprint density at radius 3 is 1.45 bits per heavy atom. The topological polar surface area (TPSA) is 51.9 Å². The molecule has 0 saturated carbocycles. The zero-order valence-corrected chi connectivity index (χ0v) is 24.0. The van der Waals surface area contributed by atoms with E-state index in [1.165, 1.54) is 44.5 Å². The van der Waals surface area contributed by atoms with Gasteiger partial charge in [0.2, 0.25) is 0 Å². The second-order valence-corrected chi connectivity index (χ2v) is 12.4. The van der Waals surface area contributed by atoms with Crippen molar-refractivity contribution in [2.45, 2.75) is 38.5 Å². The van der Waals surface area contributed by atoms with Gasteiger partial charge in [0.05, 0.1) is 29.8 Å². The van der Waals surface area contributed by atoms with Crippen LogP contribution in [0.2, 0.25) is 0 Å². The molecule has 0 unspecified atom stereocenters. The van der Waals surface area contributed by atoms with Crippen LogP contribution in [-0.2, 0) is 10.8 Å². The van der Waals surface area contributed by atoms with Crippen molar-refractivity contribution in [3.63, 3.8) is 0 Å². The molecule has 0 bridgehead atoms. The molecule has 5 aromatic rings. The van der Waals surface area contributed by atoms with Crippen molar-refractivity contribution in [1.82, 2.24) is 0 Å². The maximum Gasteiger partial charge on any atom is 0.187 e. The lowest BCUT2D eigenvalue weighted by molar-refractivity contribution is 0.660. The van der Waals surface area contributed by atoms with E-state index >= 15 is 0 Å². The Kier molecular flexibility index (Phi) is 5.34. The minimum absolute atomic E-state index is 0.233. The summed E-state index contributed by atoms with van der Waals surface area (Å²) < 4.78 is 0. The number of hydrogen-bond acceptors (Lipinski definition) is 2. The van der Waals surface area contributed by atoms with Crippen LogP contribution in [0.5, 0.6) is 0 Å². The molecule has 0 radical (unpaired) electrons. The average Bonchev–Trinajstić information content (AvgIpc) is 3.38. The van der Waals surface area contributed by atoms with Gasteiger partial charge in [0.25, 0.3) is 0 Å². The van der Waals surface area contributed by atoms with Gasteiger partial charge < -0.3 is 0 Å². The van der Waals surface area contributed by atoms with Crippen molar-refractivity contribution < 1.29 is 0 Å². The largest absolute Gasteiger partial charge is 0.238 e. The van der Waals surface area contributed by atoms with Crippen LogP contribution in [0.1, 0.15) is 61.1 Å². The van der Waals surface area contributed by atoms with Crippen LogP contribution in [0.25, 0.3) is 49.4 Å². The summed E-state index contributed by atoms with van der Waals surface area (Å²) in [6, 6.07) is 35.9. The third kappa shape index (κ3) is 3.56.